The molecule has 0 saturated heterocycles. The molecule has 148 valence electrons. The van der Waals surface area contributed by atoms with E-state index in [1.165, 1.54) is 18.3 Å². The number of hydrogen-bond donors (Lipinski definition) is 2. The maximum atomic E-state index is 13.3. The summed E-state index contributed by atoms with van der Waals surface area (Å²) in [6.45, 7) is 7.44. The molecule has 2 aromatic rings. The number of halogens is 2. The highest BCUT2D eigenvalue weighted by molar-refractivity contribution is 6.30. The molecule has 8 heteroatoms. The summed E-state index contributed by atoms with van der Waals surface area (Å²) in [5, 5.41) is 5.30. The summed E-state index contributed by atoms with van der Waals surface area (Å²) >= 11 is 5.58. The Morgan fingerprint density at radius 3 is 2.71 bits per heavy atom. The fourth-order valence-electron chi connectivity index (χ4n) is 2.37. The lowest BCUT2D eigenvalue weighted by atomic mass is 10.1. The van der Waals surface area contributed by atoms with Crippen LogP contribution in [-0.2, 0) is 4.79 Å². The highest BCUT2D eigenvalue weighted by atomic mass is 35.5. The van der Waals surface area contributed by atoms with Gasteiger partial charge in [-0.05, 0) is 37.6 Å². The molecule has 28 heavy (non-hydrogen) atoms. The lowest BCUT2D eigenvalue weighted by Gasteiger charge is -2.11. The number of carbonyl (C=O) groups excluding carboxylic acids is 2. The number of amides is 2. The lowest BCUT2D eigenvalue weighted by molar-refractivity contribution is -0.122. The first kappa shape index (κ1) is 21.4. The summed E-state index contributed by atoms with van der Waals surface area (Å²) in [7, 11) is 0. The predicted octanol–water partition coefficient (Wildman–Crippen LogP) is 3.32. The highest BCUT2D eigenvalue weighted by Crippen LogP contribution is 2.20. The number of benzene rings is 1. The molecule has 2 N–H and O–H groups in total. The second-order valence-corrected chi connectivity index (χ2v) is 6.57. The van der Waals surface area contributed by atoms with E-state index in [4.69, 9.17) is 16.3 Å². The molecule has 0 spiro atoms. The summed E-state index contributed by atoms with van der Waals surface area (Å²) < 4.78 is 18.5. The van der Waals surface area contributed by atoms with Gasteiger partial charge in [-0.2, -0.15) is 0 Å². The van der Waals surface area contributed by atoms with Crippen molar-refractivity contribution in [1.29, 1.82) is 0 Å². The number of ether oxygens (including phenoxy) is 1. The van der Waals surface area contributed by atoms with Crippen molar-refractivity contribution in [2.45, 2.75) is 20.3 Å². The molecule has 0 aliphatic carbocycles. The average Bonchev–Trinajstić information content (AvgIpc) is 2.62. The summed E-state index contributed by atoms with van der Waals surface area (Å²) in [6, 6.07) is 5.74. The average molecular weight is 406 g/mol. The van der Waals surface area contributed by atoms with Crippen LogP contribution in [0.3, 0.4) is 0 Å². The number of pyridine rings is 1. The van der Waals surface area contributed by atoms with Crippen LogP contribution in [0.25, 0.3) is 0 Å². The van der Waals surface area contributed by atoms with Gasteiger partial charge in [-0.15, -0.1) is 0 Å². The Labute approximate surface area is 167 Å². The molecular formula is C20H21ClFN3O3. The minimum Gasteiger partial charge on any atom is -0.484 e. The molecule has 2 amide bonds. The van der Waals surface area contributed by atoms with Crippen molar-refractivity contribution >= 4 is 23.4 Å². The first-order valence-corrected chi connectivity index (χ1v) is 8.91. The van der Waals surface area contributed by atoms with Gasteiger partial charge in [-0.3, -0.25) is 14.6 Å². The van der Waals surface area contributed by atoms with Gasteiger partial charge in [0.15, 0.2) is 6.61 Å². The van der Waals surface area contributed by atoms with Gasteiger partial charge >= 0.3 is 0 Å². The Bertz CT molecular complexity index is 902. The molecule has 0 aliphatic heterocycles. The standard InChI is InChI=1S/C20H21ClFN3O3/c1-12-8-14(3)24-10-16(12)20(27)23-7-6-13(2)25-19(26)11-28-15-4-5-17(21)18(22)9-15/h4-5,8-10H,2,6-7,11H2,1,3H3,(H,23,27)(H,25,26). The zero-order chi connectivity index (χ0) is 20.7. The molecule has 0 fully saturated rings. The Kier molecular flexibility index (Phi) is 7.52. The maximum Gasteiger partial charge on any atom is 0.262 e. The fourth-order valence-corrected chi connectivity index (χ4v) is 2.49. The Balaban J connectivity index is 1.72. The quantitative estimate of drug-likeness (QED) is 0.706. The smallest absolute Gasteiger partial charge is 0.262 e. The van der Waals surface area contributed by atoms with Crippen molar-refractivity contribution < 1.29 is 18.7 Å². The van der Waals surface area contributed by atoms with Crippen LogP contribution in [0, 0.1) is 19.7 Å². The fraction of sp³-hybridized carbons (Fsp3) is 0.250. The normalized spacial score (nSPS) is 10.3. The summed E-state index contributed by atoms with van der Waals surface area (Å²) in [6.07, 6.45) is 1.89. The van der Waals surface area contributed by atoms with Crippen LogP contribution in [0.4, 0.5) is 4.39 Å². The number of nitrogens with one attached hydrogen (secondary N) is 2. The first-order chi connectivity index (χ1) is 13.3. The first-order valence-electron chi connectivity index (χ1n) is 8.53. The zero-order valence-corrected chi connectivity index (χ0v) is 16.4. The molecule has 0 radical (unpaired) electrons. The van der Waals surface area contributed by atoms with Crippen molar-refractivity contribution in [2.24, 2.45) is 0 Å². The van der Waals surface area contributed by atoms with Crippen molar-refractivity contribution in [3.05, 3.63) is 70.4 Å². The number of aryl methyl sites for hydroxylation is 2. The van der Waals surface area contributed by atoms with Crippen LogP contribution in [0.1, 0.15) is 28.0 Å². The van der Waals surface area contributed by atoms with E-state index >= 15 is 0 Å². The van der Waals surface area contributed by atoms with E-state index in [1.54, 1.807) is 0 Å². The van der Waals surface area contributed by atoms with Crippen LogP contribution < -0.4 is 15.4 Å². The van der Waals surface area contributed by atoms with Crippen LogP contribution in [-0.4, -0.2) is 29.9 Å². The number of hydrogen-bond acceptors (Lipinski definition) is 4. The van der Waals surface area contributed by atoms with Crippen LogP contribution in [0.5, 0.6) is 5.75 Å². The van der Waals surface area contributed by atoms with E-state index in [-0.39, 0.29) is 23.3 Å². The molecular weight excluding hydrogens is 385 g/mol. The third kappa shape index (κ3) is 6.35. The largest absolute Gasteiger partial charge is 0.484 e. The molecule has 6 nitrogen and oxygen atoms in total. The number of nitrogens with zero attached hydrogens (tertiary/aromatic N) is 1. The van der Waals surface area contributed by atoms with Crippen molar-refractivity contribution in [3.8, 4) is 5.75 Å². The minimum atomic E-state index is -0.626. The molecule has 0 bridgehead atoms. The monoisotopic (exact) mass is 405 g/mol. The molecule has 0 unspecified atom stereocenters. The summed E-state index contributed by atoms with van der Waals surface area (Å²) in [5.41, 5.74) is 2.61. The van der Waals surface area contributed by atoms with E-state index in [0.717, 1.165) is 17.3 Å². The topological polar surface area (TPSA) is 80.3 Å². The van der Waals surface area contributed by atoms with Gasteiger partial charge in [0, 0.05) is 36.6 Å². The minimum absolute atomic E-state index is 0.0242. The summed E-state index contributed by atoms with van der Waals surface area (Å²) in [5.74, 6) is -1.11. The van der Waals surface area contributed by atoms with Gasteiger partial charge in [0.25, 0.3) is 11.8 Å². The molecule has 1 aromatic carbocycles. The number of rotatable bonds is 8. The number of carbonyl (C=O) groups is 2. The van der Waals surface area contributed by atoms with Crippen molar-refractivity contribution in [2.75, 3.05) is 13.2 Å². The molecule has 2 rings (SSSR count). The SMILES string of the molecule is C=C(CCNC(=O)c1cnc(C)cc1C)NC(=O)COc1ccc(Cl)c(F)c1. The lowest BCUT2D eigenvalue weighted by Crippen LogP contribution is -2.31. The van der Waals surface area contributed by atoms with E-state index in [2.05, 4.69) is 22.2 Å². The second-order valence-electron chi connectivity index (χ2n) is 6.16. The van der Waals surface area contributed by atoms with Crippen LogP contribution >= 0.6 is 11.6 Å². The zero-order valence-electron chi connectivity index (χ0n) is 15.6. The Morgan fingerprint density at radius 1 is 1.29 bits per heavy atom. The van der Waals surface area contributed by atoms with Crippen molar-refractivity contribution in [3.63, 3.8) is 0 Å². The maximum absolute atomic E-state index is 13.3. The predicted molar refractivity (Wildman–Crippen MR) is 105 cm³/mol. The van der Waals surface area contributed by atoms with Gasteiger partial charge in [0.1, 0.15) is 11.6 Å². The third-order valence-corrected chi connectivity index (χ3v) is 4.09. The molecule has 1 aromatic heterocycles. The molecule has 1 heterocycles. The van der Waals surface area contributed by atoms with Gasteiger partial charge in [0.2, 0.25) is 0 Å². The van der Waals surface area contributed by atoms with Gasteiger partial charge in [0.05, 0.1) is 10.6 Å². The molecule has 0 saturated carbocycles. The van der Waals surface area contributed by atoms with Gasteiger partial charge < -0.3 is 15.4 Å². The summed E-state index contributed by atoms with van der Waals surface area (Å²) in [4.78, 5) is 28.1. The molecule has 0 aliphatic rings. The second kappa shape index (κ2) is 9.85. The van der Waals surface area contributed by atoms with Gasteiger partial charge in [-0.25, -0.2) is 4.39 Å². The van der Waals surface area contributed by atoms with Crippen LogP contribution in [0.2, 0.25) is 5.02 Å². The van der Waals surface area contributed by atoms with Crippen molar-refractivity contribution in [1.82, 2.24) is 15.6 Å². The van der Waals surface area contributed by atoms with Gasteiger partial charge in [-0.1, -0.05) is 18.2 Å². The van der Waals surface area contributed by atoms with E-state index in [9.17, 15) is 14.0 Å². The van der Waals surface area contributed by atoms with E-state index in [0.29, 0.717) is 24.2 Å². The highest BCUT2D eigenvalue weighted by Gasteiger charge is 2.10. The molecule has 0 atom stereocenters. The Morgan fingerprint density at radius 2 is 2.04 bits per heavy atom. The number of aromatic nitrogens is 1. The Hall–Kier alpha value is -2.93. The van der Waals surface area contributed by atoms with E-state index < -0.39 is 11.7 Å². The van der Waals surface area contributed by atoms with E-state index in [1.807, 2.05) is 19.9 Å². The van der Waals surface area contributed by atoms with Crippen LogP contribution in [0.15, 0.2) is 42.7 Å². The third-order valence-electron chi connectivity index (χ3n) is 3.78.